The van der Waals surface area contributed by atoms with Crippen LogP contribution in [-0.2, 0) is 27.2 Å². The molecule has 0 bridgehead atoms. The van der Waals surface area contributed by atoms with Gasteiger partial charge in [0, 0.05) is 37.9 Å². The fourth-order valence-electron chi connectivity index (χ4n) is 4.32. The maximum atomic E-state index is 12.7. The summed E-state index contributed by atoms with van der Waals surface area (Å²) in [6, 6.07) is 6.45. The molecule has 0 saturated carbocycles. The summed E-state index contributed by atoms with van der Waals surface area (Å²) in [6.07, 6.45) is 3.24. The van der Waals surface area contributed by atoms with E-state index in [0.29, 0.717) is 25.0 Å². The number of rotatable bonds is 3. The van der Waals surface area contributed by atoms with Crippen LogP contribution >= 0.6 is 0 Å². The summed E-state index contributed by atoms with van der Waals surface area (Å²) in [5, 5.41) is 2.86. The first-order chi connectivity index (χ1) is 12.6. The smallest absolute Gasteiger partial charge is 0.228 e. The largest absolute Gasteiger partial charge is 0.376 e. The van der Waals surface area contributed by atoms with Crippen molar-refractivity contribution in [2.75, 3.05) is 38.1 Å². The van der Waals surface area contributed by atoms with Crippen molar-refractivity contribution in [3.63, 3.8) is 0 Å². The first-order valence-electron chi connectivity index (χ1n) is 9.63. The van der Waals surface area contributed by atoms with E-state index in [9.17, 15) is 9.59 Å². The summed E-state index contributed by atoms with van der Waals surface area (Å²) in [5.41, 5.74) is 2.85. The molecule has 0 spiro atoms. The average Bonchev–Trinajstić information content (AvgIpc) is 3.01. The molecule has 3 heterocycles. The highest BCUT2D eigenvalue weighted by atomic mass is 16.5. The lowest BCUT2D eigenvalue weighted by Crippen LogP contribution is -2.52. The molecule has 4 rings (SSSR count). The van der Waals surface area contributed by atoms with Crippen LogP contribution in [0.15, 0.2) is 18.2 Å². The predicted molar refractivity (Wildman–Crippen MR) is 99.1 cm³/mol. The third-order valence-corrected chi connectivity index (χ3v) is 5.76. The van der Waals surface area contributed by atoms with Crippen molar-refractivity contribution in [3.8, 4) is 0 Å². The number of nitrogens with zero attached hydrogens (tertiary/aromatic N) is 2. The molecule has 6 heteroatoms. The molecule has 0 aliphatic carbocycles. The molecule has 1 unspecified atom stereocenters. The topological polar surface area (TPSA) is 61.9 Å². The Morgan fingerprint density at radius 1 is 1.27 bits per heavy atom. The fraction of sp³-hybridized carbons (Fsp3) is 0.600. The average molecular weight is 357 g/mol. The van der Waals surface area contributed by atoms with Crippen LogP contribution in [0, 0.1) is 0 Å². The normalized spacial score (nSPS) is 24.4. The number of anilines is 1. The molecule has 1 aromatic carbocycles. The van der Waals surface area contributed by atoms with E-state index in [-0.39, 0.29) is 11.8 Å². The van der Waals surface area contributed by atoms with Crippen molar-refractivity contribution in [2.45, 2.75) is 44.8 Å². The highest BCUT2D eigenvalue weighted by Gasteiger charge is 2.29. The van der Waals surface area contributed by atoms with E-state index in [1.54, 1.807) is 0 Å². The number of carbonyl (C=O) groups is 2. The van der Waals surface area contributed by atoms with Gasteiger partial charge in [-0.15, -0.1) is 0 Å². The Kier molecular flexibility index (Phi) is 4.96. The van der Waals surface area contributed by atoms with E-state index < -0.39 is 0 Å². The van der Waals surface area contributed by atoms with Crippen LogP contribution in [0.2, 0.25) is 0 Å². The van der Waals surface area contributed by atoms with Gasteiger partial charge in [0.15, 0.2) is 0 Å². The Labute approximate surface area is 154 Å². The minimum Gasteiger partial charge on any atom is -0.376 e. The second kappa shape index (κ2) is 7.37. The zero-order chi connectivity index (χ0) is 18.1. The molecule has 1 atom stereocenters. The molecule has 1 N–H and O–H groups in total. The number of amides is 2. The Morgan fingerprint density at radius 3 is 2.85 bits per heavy atom. The molecule has 26 heavy (non-hydrogen) atoms. The number of morpholine rings is 1. The maximum absolute atomic E-state index is 12.7. The standard InChI is InChI=1S/C20H27N3O3/c1-14-13-23(8-9-26-14)17-4-6-22(7-5-17)20(25)11-15-2-3-16-12-19(24)21-18(16)10-15/h2-3,10,14,17H,4-9,11-13H2,1H3,(H,21,24). The van der Waals surface area contributed by atoms with E-state index in [1.807, 2.05) is 23.1 Å². The molecule has 6 nitrogen and oxygen atoms in total. The Hall–Kier alpha value is -1.92. The quantitative estimate of drug-likeness (QED) is 0.889. The van der Waals surface area contributed by atoms with Gasteiger partial charge in [-0.1, -0.05) is 12.1 Å². The zero-order valence-corrected chi connectivity index (χ0v) is 15.4. The van der Waals surface area contributed by atoms with Gasteiger partial charge >= 0.3 is 0 Å². The predicted octanol–water partition coefficient (Wildman–Crippen LogP) is 1.44. The lowest BCUT2D eigenvalue weighted by molar-refractivity contribution is -0.132. The van der Waals surface area contributed by atoms with Crippen LogP contribution in [0.4, 0.5) is 5.69 Å². The molecule has 1 aromatic rings. The molecule has 3 aliphatic rings. The SMILES string of the molecule is CC1CN(C2CCN(C(=O)Cc3ccc4c(c3)NC(=O)C4)CC2)CCO1. The summed E-state index contributed by atoms with van der Waals surface area (Å²) >= 11 is 0. The molecule has 0 aromatic heterocycles. The number of likely N-dealkylation sites (tertiary alicyclic amines) is 1. The fourth-order valence-corrected chi connectivity index (χ4v) is 4.32. The summed E-state index contributed by atoms with van der Waals surface area (Å²) in [5.74, 6) is 0.214. The lowest BCUT2D eigenvalue weighted by Gasteiger charge is -2.41. The van der Waals surface area contributed by atoms with Crippen LogP contribution in [0.3, 0.4) is 0 Å². The molecule has 3 aliphatic heterocycles. The Bertz CT molecular complexity index is 698. The van der Waals surface area contributed by atoms with Gasteiger partial charge in [-0.25, -0.2) is 0 Å². The summed E-state index contributed by atoms with van der Waals surface area (Å²) in [6.45, 7) is 6.61. The molecule has 2 amide bonds. The van der Waals surface area contributed by atoms with Crippen molar-refractivity contribution >= 4 is 17.5 Å². The van der Waals surface area contributed by atoms with E-state index in [0.717, 1.165) is 62.4 Å². The molecule has 0 radical (unpaired) electrons. The van der Waals surface area contributed by atoms with Crippen LogP contribution in [0.1, 0.15) is 30.9 Å². The van der Waals surface area contributed by atoms with Crippen molar-refractivity contribution in [3.05, 3.63) is 29.3 Å². The molecule has 2 fully saturated rings. The third-order valence-electron chi connectivity index (χ3n) is 5.76. The summed E-state index contributed by atoms with van der Waals surface area (Å²) in [7, 11) is 0. The van der Waals surface area contributed by atoms with Crippen LogP contribution in [-0.4, -0.2) is 66.5 Å². The second-order valence-corrected chi connectivity index (χ2v) is 7.68. The Morgan fingerprint density at radius 2 is 2.08 bits per heavy atom. The number of benzene rings is 1. The van der Waals surface area contributed by atoms with Gasteiger partial charge in [-0.3, -0.25) is 14.5 Å². The first-order valence-corrected chi connectivity index (χ1v) is 9.63. The van der Waals surface area contributed by atoms with E-state index in [4.69, 9.17) is 4.74 Å². The highest BCUT2D eigenvalue weighted by Crippen LogP contribution is 2.25. The van der Waals surface area contributed by atoms with Gasteiger partial charge in [0.2, 0.25) is 11.8 Å². The number of hydrogen-bond donors (Lipinski definition) is 1. The van der Waals surface area contributed by atoms with Crippen LogP contribution in [0.25, 0.3) is 0 Å². The van der Waals surface area contributed by atoms with E-state index in [2.05, 4.69) is 17.1 Å². The van der Waals surface area contributed by atoms with E-state index >= 15 is 0 Å². The van der Waals surface area contributed by atoms with Crippen LogP contribution in [0.5, 0.6) is 0 Å². The van der Waals surface area contributed by atoms with Gasteiger partial charge in [-0.2, -0.15) is 0 Å². The Balaban J connectivity index is 1.30. The van der Waals surface area contributed by atoms with Crippen molar-refractivity contribution in [1.82, 2.24) is 9.80 Å². The minimum atomic E-state index is 0.0305. The van der Waals surface area contributed by atoms with Crippen molar-refractivity contribution < 1.29 is 14.3 Å². The van der Waals surface area contributed by atoms with Gasteiger partial charge in [-0.05, 0) is 37.0 Å². The van der Waals surface area contributed by atoms with Crippen molar-refractivity contribution in [2.24, 2.45) is 0 Å². The van der Waals surface area contributed by atoms with Crippen LogP contribution < -0.4 is 5.32 Å². The zero-order valence-electron chi connectivity index (χ0n) is 15.4. The van der Waals surface area contributed by atoms with Gasteiger partial charge in [0.05, 0.1) is 25.6 Å². The number of hydrogen-bond acceptors (Lipinski definition) is 4. The number of nitrogens with one attached hydrogen (secondary N) is 1. The lowest BCUT2D eigenvalue weighted by atomic mass is 10.0. The van der Waals surface area contributed by atoms with E-state index in [1.165, 1.54) is 0 Å². The van der Waals surface area contributed by atoms with Gasteiger partial charge < -0.3 is 15.0 Å². The minimum absolute atomic E-state index is 0.0305. The maximum Gasteiger partial charge on any atom is 0.228 e. The number of carbonyl (C=O) groups excluding carboxylic acids is 2. The van der Waals surface area contributed by atoms with Crippen molar-refractivity contribution in [1.29, 1.82) is 0 Å². The molecule has 2 saturated heterocycles. The summed E-state index contributed by atoms with van der Waals surface area (Å²) in [4.78, 5) is 28.7. The van der Waals surface area contributed by atoms with Gasteiger partial charge in [0.1, 0.15) is 0 Å². The number of ether oxygens (including phenoxy) is 1. The van der Waals surface area contributed by atoms with Gasteiger partial charge in [0.25, 0.3) is 0 Å². The second-order valence-electron chi connectivity index (χ2n) is 7.68. The first kappa shape index (κ1) is 17.5. The number of piperidine rings is 1. The summed E-state index contributed by atoms with van der Waals surface area (Å²) < 4.78 is 5.63. The monoisotopic (exact) mass is 357 g/mol. The highest BCUT2D eigenvalue weighted by molar-refractivity contribution is 5.99. The molecule has 140 valence electrons. The molecular weight excluding hydrogens is 330 g/mol. The number of fused-ring (bicyclic) bond motifs is 1. The third kappa shape index (κ3) is 3.76. The molecular formula is C20H27N3O3.